The van der Waals surface area contributed by atoms with Crippen LogP contribution in [0, 0.1) is 6.92 Å². The first-order valence-electron chi connectivity index (χ1n) is 7.38. The smallest absolute Gasteiger partial charge is 0.391 e. The molecule has 2 aromatic rings. The van der Waals surface area contributed by atoms with E-state index in [4.69, 9.17) is 11.6 Å². The number of esters is 1. The van der Waals surface area contributed by atoms with Crippen LogP contribution in [0.25, 0.3) is 5.69 Å². The molecule has 1 N–H and O–H groups in total. The number of amides is 1. The average molecular weight is 390 g/mol. The van der Waals surface area contributed by atoms with Crippen molar-refractivity contribution in [2.75, 3.05) is 7.11 Å². The molecule has 0 fully saturated rings. The van der Waals surface area contributed by atoms with Crippen LogP contribution in [0.1, 0.15) is 22.5 Å². The normalized spacial score (nSPS) is 12.5. The molecule has 0 spiro atoms. The van der Waals surface area contributed by atoms with Gasteiger partial charge in [-0.15, -0.1) is 0 Å². The van der Waals surface area contributed by atoms with Crippen molar-refractivity contribution in [1.29, 1.82) is 0 Å². The van der Waals surface area contributed by atoms with Gasteiger partial charge in [0, 0.05) is 5.02 Å². The predicted octanol–water partition coefficient (Wildman–Crippen LogP) is 3.06. The quantitative estimate of drug-likeness (QED) is 0.798. The number of alkyl halides is 3. The van der Waals surface area contributed by atoms with Crippen LogP contribution in [0.4, 0.5) is 13.2 Å². The fourth-order valence-electron chi connectivity index (χ4n) is 2.30. The van der Waals surface area contributed by atoms with Gasteiger partial charge in [0.15, 0.2) is 0 Å². The van der Waals surface area contributed by atoms with E-state index in [-0.39, 0.29) is 5.56 Å². The Hall–Kier alpha value is -2.55. The standard InChI is InChI=1S/C16H15ClF3N3O3/c1-9-12(8-21-23(9)11-5-3-4-10(17)6-11)14(24)22-13(15(25)26-2)7-16(18,19)20/h3-6,8,13H,7H2,1-2H3,(H,22,24). The molecule has 1 atom stereocenters. The summed E-state index contributed by atoms with van der Waals surface area (Å²) in [5.41, 5.74) is 0.982. The summed E-state index contributed by atoms with van der Waals surface area (Å²) in [5, 5.41) is 6.56. The highest BCUT2D eigenvalue weighted by atomic mass is 35.5. The van der Waals surface area contributed by atoms with Crippen molar-refractivity contribution in [3.63, 3.8) is 0 Å². The maximum Gasteiger partial charge on any atom is 0.391 e. The molecule has 10 heteroatoms. The number of nitrogens with one attached hydrogen (secondary N) is 1. The number of hydrogen-bond donors (Lipinski definition) is 1. The number of rotatable bonds is 5. The summed E-state index contributed by atoms with van der Waals surface area (Å²) in [6.07, 6.45) is -4.98. The molecule has 0 aliphatic heterocycles. The maximum atomic E-state index is 12.6. The van der Waals surface area contributed by atoms with Gasteiger partial charge in [0.2, 0.25) is 0 Å². The number of aromatic nitrogens is 2. The van der Waals surface area contributed by atoms with Gasteiger partial charge in [-0.25, -0.2) is 9.48 Å². The zero-order valence-electron chi connectivity index (χ0n) is 13.8. The van der Waals surface area contributed by atoms with E-state index in [0.717, 1.165) is 7.11 Å². The van der Waals surface area contributed by atoms with E-state index < -0.39 is 30.5 Å². The average Bonchev–Trinajstić information content (AvgIpc) is 2.93. The monoisotopic (exact) mass is 389 g/mol. The molecule has 26 heavy (non-hydrogen) atoms. The third-order valence-corrected chi connectivity index (χ3v) is 3.77. The van der Waals surface area contributed by atoms with Crippen LogP contribution >= 0.6 is 11.6 Å². The highest BCUT2D eigenvalue weighted by Gasteiger charge is 2.37. The van der Waals surface area contributed by atoms with Crippen molar-refractivity contribution in [2.45, 2.75) is 25.6 Å². The summed E-state index contributed by atoms with van der Waals surface area (Å²) < 4.78 is 43.6. The zero-order chi connectivity index (χ0) is 19.5. The molecule has 1 aromatic heterocycles. The molecule has 0 saturated heterocycles. The van der Waals surface area contributed by atoms with E-state index >= 15 is 0 Å². The maximum absolute atomic E-state index is 12.6. The van der Waals surface area contributed by atoms with E-state index in [1.165, 1.54) is 10.9 Å². The van der Waals surface area contributed by atoms with Crippen LogP contribution in [-0.4, -0.2) is 41.0 Å². The SMILES string of the molecule is COC(=O)C(CC(F)(F)F)NC(=O)c1cnn(-c2cccc(Cl)c2)c1C. The van der Waals surface area contributed by atoms with Gasteiger partial charge in [-0.1, -0.05) is 17.7 Å². The number of benzene rings is 1. The Kier molecular flexibility index (Phi) is 5.91. The van der Waals surface area contributed by atoms with Gasteiger partial charge >= 0.3 is 12.1 Å². The Morgan fingerprint density at radius 2 is 2.08 bits per heavy atom. The van der Waals surface area contributed by atoms with Crippen LogP contribution in [-0.2, 0) is 9.53 Å². The molecule has 1 amide bonds. The third kappa shape index (κ3) is 4.75. The lowest BCUT2D eigenvalue weighted by molar-refractivity contribution is -0.160. The van der Waals surface area contributed by atoms with E-state index in [1.807, 2.05) is 5.32 Å². The van der Waals surface area contributed by atoms with Crippen molar-refractivity contribution < 1.29 is 27.5 Å². The lowest BCUT2D eigenvalue weighted by atomic mass is 10.1. The van der Waals surface area contributed by atoms with Gasteiger partial charge in [-0.3, -0.25) is 4.79 Å². The molecule has 6 nitrogen and oxygen atoms in total. The minimum absolute atomic E-state index is 0.0288. The molecule has 1 unspecified atom stereocenters. The number of carbonyl (C=O) groups is 2. The molecule has 0 bridgehead atoms. The second-order valence-corrected chi connectivity index (χ2v) is 5.84. The summed E-state index contributed by atoms with van der Waals surface area (Å²) in [6.45, 7) is 1.57. The second-order valence-electron chi connectivity index (χ2n) is 5.40. The first-order valence-corrected chi connectivity index (χ1v) is 7.76. The molecule has 0 radical (unpaired) electrons. The first-order chi connectivity index (χ1) is 12.1. The van der Waals surface area contributed by atoms with Gasteiger partial charge < -0.3 is 10.1 Å². The Morgan fingerprint density at radius 1 is 1.38 bits per heavy atom. The number of ether oxygens (including phenoxy) is 1. The van der Waals surface area contributed by atoms with Crippen LogP contribution in [0.3, 0.4) is 0 Å². The highest BCUT2D eigenvalue weighted by Crippen LogP contribution is 2.23. The second kappa shape index (κ2) is 7.77. The molecule has 0 aliphatic rings. The van der Waals surface area contributed by atoms with Crippen molar-refractivity contribution in [2.24, 2.45) is 0 Å². The van der Waals surface area contributed by atoms with Crippen LogP contribution in [0.5, 0.6) is 0 Å². The number of hydrogen-bond acceptors (Lipinski definition) is 4. The Balaban J connectivity index is 2.25. The minimum atomic E-state index is -4.65. The van der Waals surface area contributed by atoms with E-state index in [9.17, 15) is 22.8 Å². The van der Waals surface area contributed by atoms with E-state index in [2.05, 4.69) is 9.84 Å². The number of carbonyl (C=O) groups excluding carboxylic acids is 2. The van der Waals surface area contributed by atoms with Crippen molar-refractivity contribution in [3.05, 3.63) is 46.7 Å². The molecule has 0 aliphatic carbocycles. The summed E-state index contributed by atoms with van der Waals surface area (Å²) in [6, 6.07) is 4.82. The largest absolute Gasteiger partial charge is 0.467 e. The summed E-state index contributed by atoms with van der Waals surface area (Å²) in [7, 11) is 0.945. The molecule has 1 aromatic carbocycles. The number of nitrogens with zero attached hydrogens (tertiary/aromatic N) is 2. The van der Waals surface area contributed by atoms with Gasteiger partial charge in [0.1, 0.15) is 6.04 Å². The molecular weight excluding hydrogens is 375 g/mol. The molecule has 140 valence electrons. The fraction of sp³-hybridized carbons (Fsp3) is 0.312. The predicted molar refractivity (Wildman–Crippen MR) is 87.3 cm³/mol. The van der Waals surface area contributed by atoms with Gasteiger partial charge in [-0.05, 0) is 25.1 Å². The van der Waals surface area contributed by atoms with Crippen molar-refractivity contribution in [3.8, 4) is 5.69 Å². The Morgan fingerprint density at radius 3 is 2.65 bits per heavy atom. The van der Waals surface area contributed by atoms with Crippen molar-refractivity contribution in [1.82, 2.24) is 15.1 Å². The highest BCUT2D eigenvalue weighted by molar-refractivity contribution is 6.30. The topological polar surface area (TPSA) is 73.2 Å². The molecule has 2 rings (SSSR count). The fourth-order valence-corrected chi connectivity index (χ4v) is 2.49. The van der Waals surface area contributed by atoms with E-state index in [0.29, 0.717) is 16.4 Å². The summed E-state index contributed by atoms with van der Waals surface area (Å²) >= 11 is 5.92. The Bertz CT molecular complexity index is 821. The van der Waals surface area contributed by atoms with Crippen LogP contribution < -0.4 is 5.32 Å². The Labute approximate surface area is 151 Å². The molecule has 0 saturated carbocycles. The molecular formula is C16H15ClF3N3O3. The molecule has 1 heterocycles. The lowest BCUT2D eigenvalue weighted by Gasteiger charge is -2.18. The van der Waals surface area contributed by atoms with E-state index in [1.54, 1.807) is 31.2 Å². The third-order valence-electron chi connectivity index (χ3n) is 3.53. The lowest BCUT2D eigenvalue weighted by Crippen LogP contribution is -2.44. The van der Waals surface area contributed by atoms with Gasteiger partial charge in [-0.2, -0.15) is 18.3 Å². The summed E-state index contributed by atoms with van der Waals surface area (Å²) in [5.74, 6) is -2.05. The van der Waals surface area contributed by atoms with Gasteiger partial charge in [0.05, 0.1) is 36.7 Å². The van der Waals surface area contributed by atoms with Gasteiger partial charge in [0.25, 0.3) is 5.91 Å². The number of halogens is 4. The van der Waals surface area contributed by atoms with Crippen LogP contribution in [0.2, 0.25) is 5.02 Å². The zero-order valence-corrected chi connectivity index (χ0v) is 14.6. The minimum Gasteiger partial charge on any atom is -0.467 e. The van der Waals surface area contributed by atoms with Crippen LogP contribution in [0.15, 0.2) is 30.5 Å². The number of methoxy groups -OCH3 is 1. The summed E-state index contributed by atoms with van der Waals surface area (Å²) in [4.78, 5) is 23.9. The van der Waals surface area contributed by atoms with Crippen molar-refractivity contribution >= 4 is 23.5 Å². The first kappa shape index (κ1) is 19.8.